The molecule has 25 heavy (non-hydrogen) atoms. The van der Waals surface area contributed by atoms with Crippen LogP contribution in [0.15, 0.2) is 47.3 Å². The lowest BCUT2D eigenvalue weighted by molar-refractivity contribution is 0.285. The molecule has 1 aromatic carbocycles. The molecule has 0 unspecified atom stereocenters. The maximum Gasteiger partial charge on any atom is 0.196 e. The van der Waals surface area contributed by atoms with Gasteiger partial charge in [-0.2, -0.15) is 0 Å². The molecule has 0 radical (unpaired) electrons. The maximum atomic E-state index is 13.7. The van der Waals surface area contributed by atoms with Crippen molar-refractivity contribution in [3.05, 3.63) is 60.2 Å². The zero-order chi connectivity index (χ0) is 17.2. The predicted octanol–water partition coefficient (Wildman–Crippen LogP) is 5.83. The van der Waals surface area contributed by atoms with Crippen LogP contribution in [0.2, 0.25) is 0 Å². The highest BCUT2D eigenvalue weighted by molar-refractivity contribution is 5.82. The van der Waals surface area contributed by atoms with Crippen LogP contribution in [0.5, 0.6) is 0 Å². The molecule has 2 heterocycles. The van der Waals surface area contributed by atoms with Gasteiger partial charge in [0.25, 0.3) is 0 Å². The van der Waals surface area contributed by atoms with Crippen molar-refractivity contribution in [3.63, 3.8) is 0 Å². The molecule has 0 amide bonds. The first-order valence-corrected chi connectivity index (χ1v) is 9.14. The van der Waals surface area contributed by atoms with Crippen molar-refractivity contribution < 1.29 is 8.81 Å². The third kappa shape index (κ3) is 3.44. The summed E-state index contributed by atoms with van der Waals surface area (Å²) in [4.78, 5) is 8.65. The second kappa shape index (κ2) is 6.95. The second-order valence-corrected chi connectivity index (χ2v) is 7.29. The second-order valence-electron chi connectivity index (χ2n) is 7.29. The summed E-state index contributed by atoms with van der Waals surface area (Å²) < 4.78 is 19.1. The van der Waals surface area contributed by atoms with E-state index < -0.39 is 0 Å². The van der Waals surface area contributed by atoms with Gasteiger partial charge in [0, 0.05) is 17.5 Å². The molecule has 3 nitrogen and oxygen atoms in total. The molecular formula is C21H23FN2O. The normalized spacial score (nSPS) is 22.2. The summed E-state index contributed by atoms with van der Waals surface area (Å²) in [5, 5.41) is 0.971. The SMILES string of the molecule is C[C@H](CC1CCC(c2ccnc3ccc(F)cc23)CC1)c1ncco1. The van der Waals surface area contributed by atoms with Gasteiger partial charge in [-0.3, -0.25) is 4.98 Å². The summed E-state index contributed by atoms with van der Waals surface area (Å²) in [6.45, 7) is 2.19. The molecule has 4 rings (SSSR count). The molecule has 1 saturated carbocycles. The zero-order valence-corrected chi connectivity index (χ0v) is 14.5. The minimum absolute atomic E-state index is 0.185. The smallest absolute Gasteiger partial charge is 0.196 e. The number of benzene rings is 1. The van der Waals surface area contributed by atoms with E-state index in [1.165, 1.54) is 24.5 Å². The van der Waals surface area contributed by atoms with Gasteiger partial charge in [0.05, 0.1) is 11.7 Å². The first-order valence-electron chi connectivity index (χ1n) is 9.14. The summed E-state index contributed by atoms with van der Waals surface area (Å²) in [5.41, 5.74) is 2.14. The average Bonchev–Trinajstić information content (AvgIpc) is 3.17. The average molecular weight is 338 g/mol. The molecule has 0 spiro atoms. The van der Waals surface area contributed by atoms with E-state index in [0.29, 0.717) is 17.8 Å². The minimum Gasteiger partial charge on any atom is -0.449 e. The molecule has 1 fully saturated rings. The minimum atomic E-state index is -0.185. The lowest BCUT2D eigenvalue weighted by Gasteiger charge is -2.30. The highest BCUT2D eigenvalue weighted by atomic mass is 19.1. The van der Waals surface area contributed by atoms with Gasteiger partial charge in [-0.05, 0) is 73.8 Å². The molecule has 3 aromatic rings. The highest BCUT2D eigenvalue weighted by Gasteiger charge is 2.26. The van der Waals surface area contributed by atoms with E-state index in [1.807, 2.05) is 6.20 Å². The van der Waals surface area contributed by atoms with Crippen LogP contribution in [-0.4, -0.2) is 9.97 Å². The van der Waals surface area contributed by atoms with Crippen LogP contribution in [0.3, 0.4) is 0 Å². The number of oxazole rings is 1. The lowest BCUT2D eigenvalue weighted by atomic mass is 9.75. The third-order valence-electron chi connectivity index (χ3n) is 5.58. The van der Waals surface area contributed by atoms with Gasteiger partial charge in [0.1, 0.15) is 12.1 Å². The van der Waals surface area contributed by atoms with E-state index >= 15 is 0 Å². The number of hydrogen-bond acceptors (Lipinski definition) is 3. The van der Waals surface area contributed by atoms with Gasteiger partial charge in [0.2, 0.25) is 0 Å². The number of fused-ring (bicyclic) bond motifs is 1. The fraction of sp³-hybridized carbons (Fsp3) is 0.429. The van der Waals surface area contributed by atoms with Gasteiger partial charge in [-0.1, -0.05) is 6.92 Å². The van der Waals surface area contributed by atoms with Crippen LogP contribution in [-0.2, 0) is 0 Å². The Labute approximate surface area is 147 Å². The standard InChI is InChI=1S/C21H23FN2O/c1-14(21-24-10-11-25-21)12-15-2-4-16(5-3-15)18-8-9-23-20-7-6-17(22)13-19(18)20/h6-11,13-16H,2-5,12H2,1H3/t14-,15?,16?/m1/s1. The molecule has 1 aliphatic carbocycles. The van der Waals surface area contributed by atoms with Gasteiger partial charge in [-0.15, -0.1) is 0 Å². The third-order valence-corrected chi connectivity index (χ3v) is 5.58. The molecule has 130 valence electrons. The quantitative estimate of drug-likeness (QED) is 0.601. The van der Waals surface area contributed by atoms with Crippen molar-refractivity contribution in [3.8, 4) is 0 Å². The lowest BCUT2D eigenvalue weighted by Crippen LogP contribution is -2.15. The van der Waals surface area contributed by atoms with Gasteiger partial charge >= 0.3 is 0 Å². The Morgan fingerprint density at radius 3 is 2.72 bits per heavy atom. The molecular weight excluding hydrogens is 315 g/mol. The molecule has 0 aliphatic heterocycles. The first kappa shape index (κ1) is 16.2. The summed E-state index contributed by atoms with van der Waals surface area (Å²) >= 11 is 0. The van der Waals surface area contributed by atoms with Crippen molar-refractivity contribution in [1.82, 2.24) is 9.97 Å². The van der Waals surface area contributed by atoms with Crippen molar-refractivity contribution in [2.24, 2.45) is 5.92 Å². The van der Waals surface area contributed by atoms with Crippen LogP contribution in [0.25, 0.3) is 10.9 Å². The molecule has 4 heteroatoms. The van der Waals surface area contributed by atoms with Crippen molar-refractivity contribution >= 4 is 10.9 Å². The Bertz CT molecular complexity index is 838. The molecule has 0 saturated heterocycles. The number of rotatable bonds is 4. The Balaban J connectivity index is 1.45. The number of aromatic nitrogens is 2. The van der Waals surface area contributed by atoms with Crippen LogP contribution in [0, 0.1) is 11.7 Å². The van der Waals surface area contributed by atoms with Crippen LogP contribution >= 0.6 is 0 Å². The fourth-order valence-electron chi connectivity index (χ4n) is 4.28. The van der Waals surface area contributed by atoms with Gasteiger partial charge in [-0.25, -0.2) is 9.37 Å². The van der Waals surface area contributed by atoms with Gasteiger partial charge in [0.15, 0.2) is 5.89 Å². The van der Waals surface area contributed by atoms with E-state index in [1.54, 1.807) is 24.6 Å². The number of pyridine rings is 1. The molecule has 0 N–H and O–H groups in total. The Kier molecular flexibility index (Phi) is 4.51. The summed E-state index contributed by atoms with van der Waals surface area (Å²) in [6.07, 6.45) is 11.1. The van der Waals surface area contributed by atoms with Gasteiger partial charge < -0.3 is 4.42 Å². The van der Waals surface area contributed by atoms with Crippen molar-refractivity contribution in [1.29, 1.82) is 0 Å². The Morgan fingerprint density at radius 1 is 1.12 bits per heavy atom. The monoisotopic (exact) mass is 338 g/mol. The van der Waals surface area contributed by atoms with E-state index in [-0.39, 0.29) is 5.82 Å². The Morgan fingerprint density at radius 2 is 1.96 bits per heavy atom. The van der Waals surface area contributed by atoms with E-state index in [9.17, 15) is 4.39 Å². The van der Waals surface area contributed by atoms with Crippen LogP contribution in [0.1, 0.15) is 62.3 Å². The number of halogens is 1. The summed E-state index contributed by atoms with van der Waals surface area (Å²) in [6, 6.07) is 6.97. The fourth-order valence-corrected chi connectivity index (χ4v) is 4.28. The summed E-state index contributed by atoms with van der Waals surface area (Å²) in [5.74, 6) is 2.24. The molecule has 1 aliphatic rings. The van der Waals surface area contributed by atoms with E-state index in [2.05, 4.69) is 23.0 Å². The number of hydrogen-bond donors (Lipinski definition) is 0. The predicted molar refractivity (Wildman–Crippen MR) is 95.9 cm³/mol. The molecule has 1 atom stereocenters. The number of nitrogens with zero attached hydrogens (tertiary/aromatic N) is 2. The van der Waals surface area contributed by atoms with E-state index in [4.69, 9.17) is 4.42 Å². The van der Waals surface area contributed by atoms with E-state index in [0.717, 1.165) is 36.1 Å². The zero-order valence-electron chi connectivity index (χ0n) is 14.5. The van der Waals surface area contributed by atoms with Crippen molar-refractivity contribution in [2.75, 3.05) is 0 Å². The topological polar surface area (TPSA) is 38.9 Å². The maximum absolute atomic E-state index is 13.7. The largest absolute Gasteiger partial charge is 0.449 e. The molecule has 2 aromatic heterocycles. The summed E-state index contributed by atoms with van der Waals surface area (Å²) in [7, 11) is 0. The highest BCUT2D eigenvalue weighted by Crippen LogP contribution is 2.41. The first-order chi connectivity index (χ1) is 12.2. The molecule has 0 bridgehead atoms. The van der Waals surface area contributed by atoms with Crippen LogP contribution < -0.4 is 0 Å². The van der Waals surface area contributed by atoms with Crippen LogP contribution in [0.4, 0.5) is 4.39 Å². The van der Waals surface area contributed by atoms with Crippen molar-refractivity contribution in [2.45, 2.75) is 50.9 Å². The Hall–Kier alpha value is -2.23.